The van der Waals surface area contributed by atoms with Gasteiger partial charge >= 0.3 is 0 Å². The number of anilines is 1. The molecule has 0 aliphatic heterocycles. The van der Waals surface area contributed by atoms with Crippen molar-refractivity contribution in [2.45, 2.75) is 66.3 Å². The molecular weight excluding hydrogens is 434 g/mol. The third-order valence-corrected chi connectivity index (χ3v) is 7.94. The van der Waals surface area contributed by atoms with Crippen LogP contribution < -0.4 is 10.9 Å². The van der Waals surface area contributed by atoms with E-state index >= 15 is 0 Å². The largest absolute Gasteiger partial charge is 0.324 e. The number of rotatable bonds is 5. The van der Waals surface area contributed by atoms with Crippen LogP contribution in [-0.2, 0) is 17.6 Å². The molecule has 0 radical (unpaired) electrons. The van der Waals surface area contributed by atoms with Gasteiger partial charge in [-0.3, -0.25) is 19.0 Å². The standard InChI is InChI=1S/C26H31N3O3S/c1-6-20(23(31)28-18-9-7-8-16(12-18)15(2)30)29-14-27-24-22(25(29)32)19-11-10-17(26(3,4)5)13-21(19)33-24/h7-9,12,14,17,20H,6,10-11,13H2,1-5H3,(H,28,31). The second-order valence-electron chi connectivity index (χ2n) is 10.00. The number of aromatic nitrogens is 2. The highest BCUT2D eigenvalue weighted by atomic mass is 32.1. The molecule has 6 nitrogen and oxygen atoms in total. The number of carbonyl (C=O) groups is 2. The minimum atomic E-state index is -0.683. The Kier molecular flexibility index (Phi) is 6.27. The van der Waals surface area contributed by atoms with Crippen molar-refractivity contribution < 1.29 is 9.59 Å². The molecule has 0 saturated carbocycles. The third-order valence-electron chi connectivity index (χ3n) is 6.78. The van der Waals surface area contributed by atoms with Gasteiger partial charge in [-0.15, -0.1) is 11.3 Å². The Bertz CT molecular complexity index is 1280. The Morgan fingerprint density at radius 3 is 2.73 bits per heavy atom. The molecule has 1 aromatic carbocycles. The Balaban J connectivity index is 1.66. The number of nitrogens with zero attached hydrogens (tertiary/aromatic N) is 2. The monoisotopic (exact) mass is 465 g/mol. The fourth-order valence-corrected chi connectivity index (χ4v) is 5.95. The number of aryl methyl sites for hydroxylation is 1. The van der Waals surface area contributed by atoms with Crippen molar-refractivity contribution in [2.24, 2.45) is 11.3 Å². The lowest BCUT2D eigenvalue weighted by atomic mass is 9.72. The minimum absolute atomic E-state index is 0.0695. The van der Waals surface area contributed by atoms with Crippen molar-refractivity contribution in [3.05, 3.63) is 57.0 Å². The second-order valence-corrected chi connectivity index (χ2v) is 11.1. The van der Waals surface area contributed by atoms with E-state index in [1.54, 1.807) is 35.6 Å². The fraction of sp³-hybridized carbons (Fsp3) is 0.462. The third kappa shape index (κ3) is 4.51. The van der Waals surface area contributed by atoms with E-state index in [1.807, 2.05) is 6.92 Å². The lowest BCUT2D eigenvalue weighted by Crippen LogP contribution is -2.33. The fourth-order valence-electron chi connectivity index (χ4n) is 4.69. The molecule has 0 saturated heterocycles. The first kappa shape index (κ1) is 23.4. The number of fused-ring (bicyclic) bond motifs is 3. The number of Topliss-reactive ketones (excluding diaryl/α,β-unsaturated/α-hetero) is 1. The molecule has 1 N–H and O–H groups in total. The number of thiophene rings is 1. The van der Waals surface area contributed by atoms with Crippen LogP contribution in [0.2, 0.25) is 0 Å². The summed E-state index contributed by atoms with van der Waals surface area (Å²) < 4.78 is 1.47. The van der Waals surface area contributed by atoms with Crippen LogP contribution in [0.25, 0.3) is 10.2 Å². The first-order valence-electron chi connectivity index (χ1n) is 11.5. The number of hydrogen-bond donors (Lipinski definition) is 1. The zero-order chi connectivity index (χ0) is 23.9. The van der Waals surface area contributed by atoms with E-state index in [2.05, 4.69) is 31.1 Å². The van der Waals surface area contributed by atoms with Crippen molar-refractivity contribution >= 4 is 38.9 Å². The molecule has 3 aromatic rings. The molecular formula is C26H31N3O3S. The number of benzene rings is 1. The van der Waals surface area contributed by atoms with Crippen LogP contribution in [0.1, 0.15) is 74.3 Å². The number of nitrogens with one attached hydrogen (secondary N) is 1. The van der Waals surface area contributed by atoms with Gasteiger partial charge in [-0.1, -0.05) is 39.8 Å². The Morgan fingerprint density at radius 2 is 2.06 bits per heavy atom. The van der Waals surface area contributed by atoms with Gasteiger partial charge in [0.25, 0.3) is 5.56 Å². The van der Waals surface area contributed by atoms with Crippen molar-refractivity contribution in [3.8, 4) is 0 Å². The predicted molar refractivity (Wildman–Crippen MR) is 133 cm³/mol. The maximum Gasteiger partial charge on any atom is 0.263 e. The van der Waals surface area contributed by atoms with Crippen molar-refractivity contribution in [3.63, 3.8) is 0 Å². The zero-order valence-electron chi connectivity index (χ0n) is 19.9. The SMILES string of the molecule is CCC(C(=O)Nc1cccc(C(C)=O)c1)n1cnc2sc3c(c2c1=O)CCC(C(C)(C)C)C3. The van der Waals surface area contributed by atoms with Gasteiger partial charge in [0.15, 0.2) is 5.78 Å². The van der Waals surface area contributed by atoms with Gasteiger partial charge in [-0.05, 0) is 61.6 Å². The normalized spacial score (nSPS) is 16.9. The Morgan fingerprint density at radius 1 is 1.30 bits per heavy atom. The molecule has 1 aliphatic rings. The topological polar surface area (TPSA) is 81.1 Å². The summed E-state index contributed by atoms with van der Waals surface area (Å²) in [6.07, 6.45) is 4.86. The maximum absolute atomic E-state index is 13.5. The van der Waals surface area contributed by atoms with Crippen LogP contribution in [-0.4, -0.2) is 21.2 Å². The molecule has 33 heavy (non-hydrogen) atoms. The summed E-state index contributed by atoms with van der Waals surface area (Å²) in [6.45, 7) is 10.2. The molecule has 1 aliphatic carbocycles. The summed E-state index contributed by atoms with van der Waals surface area (Å²) in [7, 11) is 0. The van der Waals surface area contributed by atoms with Crippen LogP contribution in [0.4, 0.5) is 5.69 Å². The molecule has 1 amide bonds. The molecule has 0 bridgehead atoms. The van der Waals surface area contributed by atoms with E-state index in [4.69, 9.17) is 0 Å². The molecule has 2 unspecified atom stereocenters. The van der Waals surface area contributed by atoms with E-state index in [0.717, 1.165) is 29.7 Å². The lowest BCUT2D eigenvalue weighted by Gasteiger charge is -2.33. The molecule has 2 heterocycles. The van der Waals surface area contributed by atoms with Gasteiger partial charge in [0.1, 0.15) is 10.9 Å². The Labute approximate surface area is 198 Å². The summed E-state index contributed by atoms with van der Waals surface area (Å²) in [6, 6.07) is 6.15. The number of amides is 1. The first-order chi connectivity index (χ1) is 15.6. The second kappa shape index (κ2) is 8.86. The van der Waals surface area contributed by atoms with Crippen molar-refractivity contribution in [2.75, 3.05) is 5.32 Å². The smallest absolute Gasteiger partial charge is 0.263 e. The highest BCUT2D eigenvalue weighted by molar-refractivity contribution is 7.18. The lowest BCUT2D eigenvalue weighted by molar-refractivity contribution is -0.119. The minimum Gasteiger partial charge on any atom is -0.324 e. The van der Waals surface area contributed by atoms with Crippen LogP contribution in [0.5, 0.6) is 0 Å². The van der Waals surface area contributed by atoms with Crippen molar-refractivity contribution in [1.29, 1.82) is 0 Å². The summed E-state index contributed by atoms with van der Waals surface area (Å²) in [5, 5.41) is 3.54. The summed E-state index contributed by atoms with van der Waals surface area (Å²) in [4.78, 5) is 44.9. The zero-order valence-corrected chi connectivity index (χ0v) is 20.7. The van der Waals surface area contributed by atoms with Gasteiger partial charge in [0.2, 0.25) is 5.91 Å². The highest BCUT2D eigenvalue weighted by Crippen LogP contribution is 2.42. The molecule has 4 rings (SSSR count). The van der Waals surface area contributed by atoms with E-state index in [-0.39, 0.29) is 22.7 Å². The van der Waals surface area contributed by atoms with Crippen LogP contribution in [0, 0.1) is 11.3 Å². The van der Waals surface area contributed by atoms with Crippen LogP contribution >= 0.6 is 11.3 Å². The van der Waals surface area contributed by atoms with Gasteiger partial charge in [-0.25, -0.2) is 4.98 Å². The van der Waals surface area contributed by atoms with Crippen molar-refractivity contribution in [1.82, 2.24) is 9.55 Å². The van der Waals surface area contributed by atoms with Gasteiger partial charge in [0.05, 0.1) is 11.7 Å². The van der Waals surface area contributed by atoms with E-state index in [0.29, 0.717) is 29.0 Å². The van der Waals surface area contributed by atoms with E-state index in [9.17, 15) is 14.4 Å². The molecule has 0 spiro atoms. The average Bonchev–Trinajstić information content (AvgIpc) is 3.14. The molecule has 174 valence electrons. The van der Waals surface area contributed by atoms with E-state index < -0.39 is 6.04 Å². The average molecular weight is 466 g/mol. The van der Waals surface area contributed by atoms with E-state index in [1.165, 1.54) is 22.7 Å². The first-order valence-corrected chi connectivity index (χ1v) is 12.3. The van der Waals surface area contributed by atoms with Gasteiger partial charge < -0.3 is 5.32 Å². The van der Waals surface area contributed by atoms with Gasteiger partial charge in [0, 0.05) is 16.1 Å². The Hall–Kier alpha value is -2.80. The number of ketones is 1. The predicted octanol–water partition coefficient (Wildman–Crippen LogP) is 5.40. The quantitative estimate of drug-likeness (QED) is 0.512. The number of carbonyl (C=O) groups excluding carboxylic acids is 2. The summed E-state index contributed by atoms with van der Waals surface area (Å²) in [5.41, 5.74) is 2.26. The maximum atomic E-state index is 13.5. The summed E-state index contributed by atoms with van der Waals surface area (Å²) >= 11 is 1.62. The van der Waals surface area contributed by atoms with Crippen LogP contribution in [0.3, 0.4) is 0 Å². The molecule has 7 heteroatoms. The molecule has 2 aromatic heterocycles. The highest BCUT2D eigenvalue weighted by Gasteiger charge is 2.32. The van der Waals surface area contributed by atoms with Crippen LogP contribution in [0.15, 0.2) is 35.4 Å². The molecule has 2 atom stereocenters. The summed E-state index contributed by atoms with van der Waals surface area (Å²) in [5.74, 6) is 0.221. The number of hydrogen-bond acceptors (Lipinski definition) is 5. The van der Waals surface area contributed by atoms with Gasteiger partial charge in [-0.2, -0.15) is 0 Å². The molecule has 0 fully saturated rings.